The highest BCUT2D eigenvalue weighted by Gasteiger charge is 2.54. The number of fused-ring (bicyclic) bond motifs is 2. The van der Waals surface area contributed by atoms with Crippen LogP contribution >= 0.6 is 0 Å². The molecule has 6 heteroatoms. The summed E-state index contributed by atoms with van der Waals surface area (Å²) in [4.78, 5) is 4.77. The molecule has 0 unspecified atom stereocenters. The summed E-state index contributed by atoms with van der Waals surface area (Å²) in [5.41, 5.74) is 1.38. The van der Waals surface area contributed by atoms with Crippen LogP contribution in [0.2, 0.25) is 0 Å². The second kappa shape index (κ2) is 5.98. The van der Waals surface area contributed by atoms with Crippen LogP contribution in [0.25, 0.3) is 0 Å². The topological polar surface area (TPSA) is 32.3 Å². The highest BCUT2D eigenvalue weighted by atomic mass is 19.2. The molecule has 136 valence electrons. The van der Waals surface area contributed by atoms with Gasteiger partial charge in [0.15, 0.2) is 17.5 Å². The molecule has 0 radical (unpaired) electrons. The molecule has 3 atom stereocenters. The van der Waals surface area contributed by atoms with E-state index in [0.29, 0.717) is 24.1 Å². The van der Waals surface area contributed by atoms with Crippen molar-refractivity contribution in [1.82, 2.24) is 15.1 Å². The zero-order valence-corrected chi connectivity index (χ0v) is 14.8. The lowest BCUT2D eigenvalue weighted by molar-refractivity contribution is 0.0349. The number of halogens is 2. The number of hydrogen-bond donors (Lipinski definition) is 0. The first-order valence-corrected chi connectivity index (χ1v) is 9.38. The van der Waals surface area contributed by atoms with Crippen molar-refractivity contribution in [3.05, 3.63) is 53.2 Å². The van der Waals surface area contributed by atoms with Crippen LogP contribution < -0.4 is 4.90 Å². The number of hydrogen-bond acceptors (Lipinski definition) is 4. The molecule has 0 amide bonds. The minimum atomic E-state index is -0.761. The molecule has 1 aromatic carbocycles. The lowest BCUT2D eigenvalue weighted by Crippen LogP contribution is -2.60. The molecule has 4 aliphatic heterocycles. The molecule has 0 spiro atoms. The van der Waals surface area contributed by atoms with Gasteiger partial charge >= 0.3 is 0 Å². The fourth-order valence-electron chi connectivity index (χ4n) is 5.31. The fourth-order valence-corrected chi connectivity index (χ4v) is 5.31. The van der Waals surface area contributed by atoms with Gasteiger partial charge in [-0.1, -0.05) is 12.1 Å². The van der Waals surface area contributed by atoms with Crippen molar-refractivity contribution in [2.24, 2.45) is 5.92 Å². The number of nitrogens with zero attached hydrogens (tertiary/aromatic N) is 4. The van der Waals surface area contributed by atoms with Crippen LogP contribution in [0.3, 0.4) is 0 Å². The standard InChI is InChI=1S/C20H22F2N4/c1-12-5-6-17(24-23-12)26-11-15(14-3-2-4-16(21)18(14)22)20-19(26)13-7-9-25(20)10-8-13/h2-6,13,15,19-20H,7-11H2,1H3/t15-,19-,20-/m1/s1. The highest BCUT2D eigenvalue weighted by Crippen LogP contribution is 2.48. The number of aryl methyl sites for hydroxylation is 1. The molecule has 4 fully saturated rings. The second-order valence-electron chi connectivity index (χ2n) is 7.79. The molecule has 1 aromatic heterocycles. The molecule has 0 aliphatic carbocycles. The van der Waals surface area contributed by atoms with Crippen molar-refractivity contribution in [2.75, 3.05) is 24.5 Å². The smallest absolute Gasteiger partial charge is 0.162 e. The zero-order valence-electron chi connectivity index (χ0n) is 14.8. The first kappa shape index (κ1) is 16.1. The van der Waals surface area contributed by atoms with E-state index in [1.165, 1.54) is 6.07 Å². The Hall–Kier alpha value is -2.08. The van der Waals surface area contributed by atoms with Gasteiger partial charge in [0.2, 0.25) is 0 Å². The summed E-state index contributed by atoms with van der Waals surface area (Å²) in [6.45, 7) is 4.67. The molecule has 5 heterocycles. The quantitative estimate of drug-likeness (QED) is 0.828. The Bertz CT molecular complexity index is 817. The molecule has 4 saturated heterocycles. The lowest BCUT2D eigenvalue weighted by atomic mass is 9.75. The van der Waals surface area contributed by atoms with Gasteiger partial charge in [-0.25, -0.2) is 8.78 Å². The van der Waals surface area contributed by atoms with Crippen LogP contribution in [0.4, 0.5) is 14.6 Å². The maximum absolute atomic E-state index is 14.6. The number of aromatic nitrogens is 2. The second-order valence-corrected chi connectivity index (χ2v) is 7.79. The van der Waals surface area contributed by atoms with Crippen LogP contribution in [0.5, 0.6) is 0 Å². The third-order valence-corrected chi connectivity index (χ3v) is 6.45. The van der Waals surface area contributed by atoms with E-state index in [1.807, 2.05) is 19.1 Å². The van der Waals surface area contributed by atoms with Gasteiger partial charge in [-0.3, -0.25) is 4.90 Å². The van der Waals surface area contributed by atoms with Gasteiger partial charge < -0.3 is 4.90 Å². The van der Waals surface area contributed by atoms with Crippen LogP contribution in [0, 0.1) is 24.5 Å². The Balaban J connectivity index is 1.58. The Labute approximate surface area is 151 Å². The summed E-state index contributed by atoms with van der Waals surface area (Å²) in [7, 11) is 0. The molecule has 0 N–H and O–H groups in total. The molecule has 4 nitrogen and oxygen atoms in total. The van der Waals surface area contributed by atoms with E-state index in [4.69, 9.17) is 0 Å². The molecule has 4 aliphatic rings. The fraction of sp³-hybridized carbons (Fsp3) is 0.500. The Kier molecular flexibility index (Phi) is 3.71. The summed E-state index contributed by atoms with van der Waals surface area (Å²) in [5, 5.41) is 8.61. The Morgan fingerprint density at radius 1 is 1.00 bits per heavy atom. The predicted octanol–water partition coefficient (Wildman–Crippen LogP) is 3.13. The van der Waals surface area contributed by atoms with E-state index in [1.54, 1.807) is 12.1 Å². The van der Waals surface area contributed by atoms with Crippen molar-refractivity contribution in [2.45, 2.75) is 37.8 Å². The predicted molar refractivity (Wildman–Crippen MR) is 95.1 cm³/mol. The van der Waals surface area contributed by atoms with Crippen molar-refractivity contribution < 1.29 is 8.78 Å². The number of anilines is 1. The van der Waals surface area contributed by atoms with Gasteiger partial charge in [0.1, 0.15) is 0 Å². The van der Waals surface area contributed by atoms with Gasteiger partial charge in [-0.2, -0.15) is 5.10 Å². The van der Waals surface area contributed by atoms with E-state index >= 15 is 0 Å². The normalized spacial score (nSPS) is 32.7. The van der Waals surface area contributed by atoms with Gasteiger partial charge in [-0.15, -0.1) is 5.10 Å². The molecular weight excluding hydrogens is 334 g/mol. The molecule has 6 rings (SSSR count). The third kappa shape index (κ3) is 2.35. The minimum Gasteiger partial charge on any atom is -0.350 e. The summed E-state index contributed by atoms with van der Waals surface area (Å²) in [5.74, 6) is -0.0883. The number of rotatable bonds is 2. The summed E-state index contributed by atoms with van der Waals surface area (Å²) in [6, 6.07) is 9.03. The summed E-state index contributed by atoms with van der Waals surface area (Å²) in [6.07, 6.45) is 2.32. The minimum absolute atomic E-state index is 0.0538. The van der Waals surface area contributed by atoms with Crippen LogP contribution in [0.1, 0.15) is 30.0 Å². The third-order valence-electron chi connectivity index (χ3n) is 6.45. The van der Waals surface area contributed by atoms with Crippen LogP contribution in [-0.4, -0.2) is 46.8 Å². The van der Waals surface area contributed by atoms with Crippen molar-refractivity contribution in [3.8, 4) is 0 Å². The zero-order chi connectivity index (χ0) is 17.8. The largest absolute Gasteiger partial charge is 0.350 e. The van der Waals surface area contributed by atoms with Crippen molar-refractivity contribution in [1.29, 1.82) is 0 Å². The SMILES string of the molecule is Cc1ccc(N2C[C@H](c3cccc(F)c3F)[C@@H]3[C@H]2C2CCN3CC2)nn1. The molecule has 2 bridgehead atoms. The average molecular weight is 356 g/mol. The van der Waals surface area contributed by atoms with Crippen LogP contribution in [0.15, 0.2) is 30.3 Å². The lowest BCUT2D eigenvalue weighted by Gasteiger charge is -2.51. The number of benzene rings is 1. The molecular formula is C20H22F2N4. The van der Waals surface area contributed by atoms with E-state index in [-0.39, 0.29) is 12.0 Å². The van der Waals surface area contributed by atoms with Gasteiger partial charge in [0.05, 0.1) is 5.69 Å². The maximum atomic E-state index is 14.6. The summed E-state index contributed by atoms with van der Waals surface area (Å²) < 4.78 is 28.5. The molecule has 26 heavy (non-hydrogen) atoms. The summed E-state index contributed by atoms with van der Waals surface area (Å²) >= 11 is 0. The average Bonchev–Trinajstić information content (AvgIpc) is 3.08. The van der Waals surface area contributed by atoms with E-state index in [2.05, 4.69) is 20.0 Å². The first-order valence-electron chi connectivity index (χ1n) is 9.38. The molecule has 2 aromatic rings. The highest BCUT2D eigenvalue weighted by molar-refractivity contribution is 5.46. The van der Waals surface area contributed by atoms with E-state index in [0.717, 1.165) is 37.4 Å². The maximum Gasteiger partial charge on any atom is 0.162 e. The van der Waals surface area contributed by atoms with Crippen molar-refractivity contribution in [3.63, 3.8) is 0 Å². The first-order chi connectivity index (χ1) is 12.6. The van der Waals surface area contributed by atoms with Crippen molar-refractivity contribution >= 4 is 5.82 Å². The van der Waals surface area contributed by atoms with E-state index in [9.17, 15) is 8.78 Å². The van der Waals surface area contributed by atoms with Gasteiger partial charge in [0, 0.05) is 24.5 Å². The number of piperidine rings is 3. The monoisotopic (exact) mass is 356 g/mol. The van der Waals surface area contributed by atoms with Crippen LogP contribution in [-0.2, 0) is 0 Å². The Morgan fingerprint density at radius 2 is 1.81 bits per heavy atom. The van der Waals surface area contributed by atoms with Gasteiger partial charge in [-0.05, 0) is 62.5 Å². The van der Waals surface area contributed by atoms with E-state index < -0.39 is 11.6 Å². The molecule has 0 saturated carbocycles. The Morgan fingerprint density at radius 3 is 2.54 bits per heavy atom. The van der Waals surface area contributed by atoms with Gasteiger partial charge in [0.25, 0.3) is 0 Å².